The molecule has 0 fully saturated rings. The van der Waals surface area contributed by atoms with Crippen LogP contribution in [0.25, 0.3) is 11.1 Å². The fourth-order valence-electron chi connectivity index (χ4n) is 3.48. The van der Waals surface area contributed by atoms with Crippen molar-refractivity contribution < 1.29 is 26.4 Å². The number of aromatic nitrogens is 1. The van der Waals surface area contributed by atoms with Crippen molar-refractivity contribution in [2.45, 2.75) is 17.6 Å². The van der Waals surface area contributed by atoms with E-state index in [-0.39, 0.29) is 17.1 Å². The van der Waals surface area contributed by atoms with Crippen LogP contribution in [-0.2, 0) is 22.7 Å². The average molecular weight is 527 g/mol. The molecule has 1 aromatic heterocycles. The van der Waals surface area contributed by atoms with Crippen LogP contribution >= 0.6 is 0 Å². The normalized spacial score (nSPS) is 11.5. The molecule has 4 rings (SSSR count). The largest absolute Gasteiger partial charge is 0.433 e. The first-order valence-electron chi connectivity index (χ1n) is 11.0. The molecule has 0 aliphatic rings. The summed E-state index contributed by atoms with van der Waals surface area (Å²) < 4.78 is 67.1. The third-order valence-corrected chi connectivity index (χ3v) is 6.67. The summed E-state index contributed by atoms with van der Waals surface area (Å²) >= 11 is 0. The van der Waals surface area contributed by atoms with Crippen LogP contribution in [0.15, 0.2) is 102 Å². The molecule has 0 aliphatic carbocycles. The number of nitrogens with zero attached hydrogens (tertiary/aromatic N) is 1. The van der Waals surface area contributed by atoms with Gasteiger partial charge in [0.2, 0.25) is 0 Å². The Morgan fingerprint density at radius 1 is 0.838 bits per heavy atom. The molecular formula is C26H21F3N4O3S. The number of carbonyl (C=O) groups is 1. The highest BCUT2D eigenvalue weighted by Gasteiger charge is 2.32. The second-order valence-electron chi connectivity index (χ2n) is 7.90. The lowest BCUT2D eigenvalue weighted by molar-refractivity contribution is -0.141. The molecule has 0 aliphatic heterocycles. The molecule has 2 amide bonds. The van der Waals surface area contributed by atoms with E-state index in [0.29, 0.717) is 16.8 Å². The van der Waals surface area contributed by atoms with Crippen molar-refractivity contribution in [2.24, 2.45) is 0 Å². The molecule has 0 saturated carbocycles. The number of amides is 2. The van der Waals surface area contributed by atoms with E-state index >= 15 is 0 Å². The second kappa shape index (κ2) is 10.7. The van der Waals surface area contributed by atoms with Crippen LogP contribution in [0.3, 0.4) is 0 Å². The quantitative estimate of drug-likeness (QED) is 0.280. The number of carbonyl (C=O) groups excluding carboxylic acids is 1. The molecular weight excluding hydrogens is 505 g/mol. The fourth-order valence-corrected chi connectivity index (χ4v) is 4.77. The summed E-state index contributed by atoms with van der Waals surface area (Å²) in [5.41, 5.74) is 1.14. The van der Waals surface area contributed by atoms with Gasteiger partial charge in [0, 0.05) is 29.7 Å². The summed E-state index contributed by atoms with van der Waals surface area (Å²) in [7, 11) is -3.89. The van der Waals surface area contributed by atoms with Gasteiger partial charge in [-0.15, -0.1) is 0 Å². The minimum atomic E-state index is -4.62. The van der Waals surface area contributed by atoms with Gasteiger partial charge in [0.05, 0.1) is 4.90 Å². The Morgan fingerprint density at radius 3 is 2.22 bits per heavy atom. The van der Waals surface area contributed by atoms with Crippen LogP contribution < -0.4 is 15.4 Å². The molecule has 0 unspecified atom stereocenters. The van der Waals surface area contributed by atoms with E-state index in [1.54, 1.807) is 42.5 Å². The summed E-state index contributed by atoms with van der Waals surface area (Å²) in [6.07, 6.45) is -3.67. The van der Waals surface area contributed by atoms with Crippen molar-refractivity contribution >= 4 is 27.4 Å². The minimum Gasteiger partial charge on any atom is -0.334 e. The molecule has 11 heteroatoms. The number of rotatable bonds is 7. The van der Waals surface area contributed by atoms with Crippen LogP contribution in [0.5, 0.6) is 0 Å². The smallest absolute Gasteiger partial charge is 0.334 e. The third-order valence-electron chi connectivity index (χ3n) is 5.23. The summed E-state index contributed by atoms with van der Waals surface area (Å²) in [4.78, 5) is 15.5. The molecule has 7 nitrogen and oxygen atoms in total. The zero-order chi connectivity index (χ0) is 26.5. The minimum absolute atomic E-state index is 0.0552. The molecule has 37 heavy (non-hydrogen) atoms. The summed E-state index contributed by atoms with van der Waals surface area (Å²) in [6.45, 7) is 0.0624. The standard InChI is InChI=1S/C26H21F3N4O3S/c27-26(28,29)24-16-21(14-15-30-24)32-25(34)31-17-18-10-12-20(13-11-18)33-37(35,36)23-9-5-4-8-22(23)19-6-2-1-3-7-19/h1-16,33H,17H2,(H2,30,31,32,34). The highest BCUT2D eigenvalue weighted by molar-refractivity contribution is 7.92. The number of halogens is 3. The van der Waals surface area contributed by atoms with Gasteiger partial charge >= 0.3 is 12.2 Å². The molecule has 0 radical (unpaired) electrons. The van der Waals surface area contributed by atoms with Crippen molar-refractivity contribution in [3.8, 4) is 11.1 Å². The number of nitrogens with one attached hydrogen (secondary N) is 3. The summed E-state index contributed by atoms with van der Waals surface area (Å²) in [6, 6.07) is 23.5. The van der Waals surface area contributed by atoms with E-state index in [4.69, 9.17) is 0 Å². The zero-order valence-corrected chi connectivity index (χ0v) is 20.0. The number of pyridine rings is 1. The van der Waals surface area contributed by atoms with Gasteiger partial charge in [0.25, 0.3) is 10.0 Å². The maximum Gasteiger partial charge on any atom is 0.433 e. The maximum absolute atomic E-state index is 13.1. The Hall–Kier alpha value is -4.38. The fraction of sp³-hybridized carbons (Fsp3) is 0.0769. The van der Waals surface area contributed by atoms with Crippen molar-refractivity contribution in [1.29, 1.82) is 0 Å². The van der Waals surface area contributed by atoms with Gasteiger partial charge < -0.3 is 10.6 Å². The molecule has 3 aromatic carbocycles. The number of sulfonamides is 1. The first-order chi connectivity index (χ1) is 17.6. The number of benzene rings is 3. The number of hydrogen-bond donors (Lipinski definition) is 3. The van der Waals surface area contributed by atoms with Gasteiger partial charge in [-0.2, -0.15) is 13.2 Å². The topological polar surface area (TPSA) is 100 Å². The molecule has 190 valence electrons. The SMILES string of the molecule is O=C(NCc1ccc(NS(=O)(=O)c2ccccc2-c2ccccc2)cc1)Nc1ccnc(C(F)(F)F)c1. The number of anilines is 2. The molecule has 0 saturated heterocycles. The van der Waals surface area contributed by atoms with E-state index in [2.05, 4.69) is 20.3 Å². The Kier molecular flexibility index (Phi) is 7.44. The highest BCUT2D eigenvalue weighted by atomic mass is 32.2. The molecule has 0 atom stereocenters. The van der Waals surface area contributed by atoms with E-state index in [1.807, 2.05) is 30.3 Å². The molecule has 4 aromatic rings. The molecule has 0 spiro atoms. The first-order valence-corrected chi connectivity index (χ1v) is 12.4. The number of hydrogen-bond acceptors (Lipinski definition) is 4. The highest BCUT2D eigenvalue weighted by Crippen LogP contribution is 2.29. The van der Waals surface area contributed by atoms with Gasteiger partial charge in [-0.05, 0) is 41.5 Å². The molecule has 3 N–H and O–H groups in total. The molecule has 1 heterocycles. The van der Waals surface area contributed by atoms with Crippen LogP contribution in [0, 0.1) is 0 Å². The predicted octanol–water partition coefficient (Wildman–Crippen LogP) is 5.89. The Labute approximate surface area is 211 Å². The van der Waals surface area contributed by atoms with Crippen LogP contribution in [0.1, 0.15) is 11.3 Å². The lowest BCUT2D eigenvalue weighted by Crippen LogP contribution is -2.28. The Balaban J connectivity index is 1.38. The zero-order valence-electron chi connectivity index (χ0n) is 19.2. The maximum atomic E-state index is 13.1. The van der Waals surface area contributed by atoms with Crippen molar-refractivity contribution in [2.75, 3.05) is 10.0 Å². The number of alkyl halides is 3. The van der Waals surface area contributed by atoms with Gasteiger partial charge in [-0.25, -0.2) is 13.2 Å². The third kappa shape index (κ3) is 6.64. The Bertz CT molecular complexity index is 1490. The monoisotopic (exact) mass is 526 g/mol. The summed E-state index contributed by atoms with van der Waals surface area (Å²) in [5.74, 6) is 0. The van der Waals surface area contributed by atoms with Gasteiger partial charge in [-0.3, -0.25) is 9.71 Å². The van der Waals surface area contributed by atoms with Crippen molar-refractivity contribution in [1.82, 2.24) is 10.3 Å². The number of urea groups is 1. The first kappa shape index (κ1) is 25.7. The van der Waals surface area contributed by atoms with Crippen LogP contribution in [0.2, 0.25) is 0 Å². The van der Waals surface area contributed by atoms with Crippen molar-refractivity contribution in [3.05, 3.63) is 108 Å². The van der Waals surface area contributed by atoms with Crippen LogP contribution in [0.4, 0.5) is 29.3 Å². The van der Waals surface area contributed by atoms with E-state index in [1.165, 1.54) is 12.1 Å². The second-order valence-corrected chi connectivity index (χ2v) is 9.55. The van der Waals surface area contributed by atoms with Crippen LogP contribution in [-0.4, -0.2) is 19.4 Å². The van der Waals surface area contributed by atoms with E-state index in [0.717, 1.165) is 17.8 Å². The van der Waals surface area contributed by atoms with Crippen molar-refractivity contribution in [3.63, 3.8) is 0 Å². The average Bonchev–Trinajstić information content (AvgIpc) is 2.88. The summed E-state index contributed by atoms with van der Waals surface area (Å²) in [5, 5.41) is 4.86. The van der Waals surface area contributed by atoms with Gasteiger partial charge in [0.15, 0.2) is 0 Å². The van der Waals surface area contributed by atoms with E-state index < -0.39 is 27.9 Å². The predicted molar refractivity (Wildman–Crippen MR) is 134 cm³/mol. The lowest BCUT2D eigenvalue weighted by Gasteiger charge is -2.13. The Morgan fingerprint density at radius 2 is 1.51 bits per heavy atom. The molecule has 0 bridgehead atoms. The van der Waals surface area contributed by atoms with Gasteiger partial charge in [-0.1, -0.05) is 60.7 Å². The van der Waals surface area contributed by atoms with Gasteiger partial charge in [0.1, 0.15) is 5.69 Å². The van der Waals surface area contributed by atoms with E-state index in [9.17, 15) is 26.4 Å². The lowest BCUT2D eigenvalue weighted by atomic mass is 10.1.